The lowest BCUT2D eigenvalue weighted by Gasteiger charge is -2.32. The minimum absolute atomic E-state index is 0.322. The van der Waals surface area contributed by atoms with Crippen molar-refractivity contribution in [2.45, 2.75) is 33.1 Å². The van der Waals surface area contributed by atoms with Gasteiger partial charge in [0.2, 0.25) is 0 Å². The zero-order chi connectivity index (χ0) is 10.2. The predicted octanol–water partition coefficient (Wildman–Crippen LogP) is 3.63. The van der Waals surface area contributed by atoms with E-state index in [4.69, 9.17) is 0 Å². The van der Waals surface area contributed by atoms with Crippen molar-refractivity contribution in [1.29, 1.82) is 0 Å². The SMILES string of the molecule is CC(C)(C)[C@H]1CC=Cc2ncccc21. The zero-order valence-electron chi connectivity index (χ0n) is 9.12. The molecule has 1 aliphatic rings. The molecule has 0 saturated heterocycles. The number of allylic oxidation sites excluding steroid dienone is 1. The van der Waals surface area contributed by atoms with Crippen LogP contribution in [0.4, 0.5) is 0 Å². The number of aromatic nitrogens is 1. The van der Waals surface area contributed by atoms with Gasteiger partial charge < -0.3 is 0 Å². The molecule has 0 bridgehead atoms. The molecule has 1 heteroatoms. The molecule has 1 nitrogen and oxygen atoms in total. The highest BCUT2D eigenvalue weighted by atomic mass is 14.7. The Morgan fingerprint density at radius 3 is 2.86 bits per heavy atom. The van der Waals surface area contributed by atoms with Crippen molar-refractivity contribution in [3.8, 4) is 0 Å². The van der Waals surface area contributed by atoms with E-state index in [-0.39, 0.29) is 0 Å². The van der Waals surface area contributed by atoms with Gasteiger partial charge in [0.15, 0.2) is 0 Å². The Bertz CT molecular complexity index is 358. The Hall–Kier alpha value is -1.11. The van der Waals surface area contributed by atoms with Crippen LogP contribution in [0, 0.1) is 5.41 Å². The number of rotatable bonds is 0. The Balaban J connectivity index is 2.46. The third kappa shape index (κ3) is 1.59. The van der Waals surface area contributed by atoms with Crippen molar-refractivity contribution < 1.29 is 0 Å². The van der Waals surface area contributed by atoms with E-state index < -0.39 is 0 Å². The number of hydrogen-bond donors (Lipinski definition) is 0. The average Bonchev–Trinajstić information content (AvgIpc) is 2.15. The fourth-order valence-electron chi connectivity index (χ4n) is 2.13. The van der Waals surface area contributed by atoms with Gasteiger partial charge in [-0.05, 0) is 35.5 Å². The second kappa shape index (κ2) is 3.23. The van der Waals surface area contributed by atoms with Gasteiger partial charge in [0, 0.05) is 6.20 Å². The van der Waals surface area contributed by atoms with Crippen LogP contribution in [0.15, 0.2) is 24.4 Å². The van der Waals surface area contributed by atoms with Gasteiger partial charge in [-0.3, -0.25) is 4.98 Å². The van der Waals surface area contributed by atoms with Crippen molar-refractivity contribution in [3.63, 3.8) is 0 Å². The molecule has 0 aliphatic heterocycles. The number of hydrogen-bond acceptors (Lipinski definition) is 1. The lowest BCUT2D eigenvalue weighted by atomic mass is 9.72. The maximum atomic E-state index is 4.40. The van der Waals surface area contributed by atoms with Gasteiger partial charge in [0.1, 0.15) is 0 Å². The van der Waals surface area contributed by atoms with Gasteiger partial charge in [0.05, 0.1) is 5.69 Å². The fraction of sp³-hybridized carbons (Fsp3) is 0.462. The highest BCUT2D eigenvalue weighted by Gasteiger charge is 2.28. The Kier molecular flexibility index (Phi) is 2.18. The molecule has 1 heterocycles. The Labute approximate surface area is 85.9 Å². The lowest BCUT2D eigenvalue weighted by Crippen LogP contribution is -2.20. The standard InChI is InChI=1S/C13H17N/c1-13(2,3)11-7-4-8-12-10(11)6-5-9-14-12/h4-6,8-9,11H,7H2,1-3H3/t11-/m0/s1. The first-order chi connectivity index (χ1) is 6.59. The molecule has 14 heavy (non-hydrogen) atoms. The van der Waals surface area contributed by atoms with Crippen LogP contribution in [-0.2, 0) is 0 Å². The maximum Gasteiger partial charge on any atom is 0.0661 e. The van der Waals surface area contributed by atoms with Gasteiger partial charge in [-0.1, -0.05) is 32.9 Å². The summed E-state index contributed by atoms with van der Waals surface area (Å²) in [4.78, 5) is 4.40. The van der Waals surface area contributed by atoms with Crippen LogP contribution in [0.1, 0.15) is 44.4 Å². The molecule has 1 atom stereocenters. The molecule has 0 radical (unpaired) electrons. The summed E-state index contributed by atoms with van der Waals surface area (Å²) < 4.78 is 0. The summed E-state index contributed by atoms with van der Waals surface area (Å²) in [6, 6.07) is 4.25. The van der Waals surface area contributed by atoms with Crippen LogP contribution >= 0.6 is 0 Å². The minimum Gasteiger partial charge on any atom is -0.257 e. The van der Waals surface area contributed by atoms with Crippen molar-refractivity contribution in [1.82, 2.24) is 4.98 Å². The van der Waals surface area contributed by atoms with Crippen molar-refractivity contribution >= 4 is 6.08 Å². The molecule has 0 fully saturated rings. The van der Waals surface area contributed by atoms with Crippen LogP contribution < -0.4 is 0 Å². The first-order valence-electron chi connectivity index (χ1n) is 5.20. The second-order valence-corrected chi connectivity index (χ2v) is 5.03. The summed E-state index contributed by atoms with van der Waals surface area (Å²) in [5.41, 5.74) is 2.88. The van der Waals surface area contributed by atoms with Crippen LogP contribution in [0.2, 0.25) is 0 Å². The number of nitrogens with zero attached hydrogens (tertiary/aromatic N) is 1. The molecule has 2 rings (SSSR count). The minimum atomic E-state index is 0.322. The largest absolute Gasteiger partial charge is 0.257 e. The van der Waals surface area contributed by atoms with Crippen molar-refractivity contribution in [2.24, 2.45) is 5.41 Å². The molecule has 1 aliphatic carbocycles. The highest BCUT2D eigenvalue weighted by Crippen LogP contribution is 2.41. The fourth-order valence-corrected chi connectivity index (χ4v) is 2.13. The summed E-state index contributed by atoms with van der Waals surface area (Å²) >= 11 is 0. The van der Waals surface area contributed by atoms with Crippen LogP contribution in [0.5, 0.6) is 0 Å². The summed E-state index contributed by atoms with van der Waals surface area (Å²) in [6.45, 7) is 6.90. The molecule has 0 aromatic carbocycles. The van der Waals surface area contributed by atoms with E-state index in [0.717, 1.165) is 12.1 Å². The average molecular weight is 187 g/mol. The maximum absolute atomic E-state index is 4.40. The molecule has 1 aromatic heterocycles. The summed E-state index contributed by atoms with van der Waals surface area (Å²) in [5.74, 6) is 0.608. The predicted molar refractivity (Wildman–Crippen MR) is 60.1 cm³/mol. The quantitative estimate of drug-likeness (QED) is 0.604. The first kappa shape index (κ1) is 9.45. The monoisotopic (exact) mass is 187 g/mol. The van der Waals surface area contributed by atoms with E-state index in [9.17, 15) is 0 Å². The van der Waals surface area contributed by atoms with Gasteiger partial charge in [-0.2, -0.15) is 0 Å². The molecular weight excluding hydrogens is 170 g/mol. The third-order valence-electron chi connectivity index (χ3n) is 2.94. The third-order valence-corrected chi connectivity index (χ3v) is 2.94. The molecular formula is C13H17N. The molecule has 74 valence electrons. The van der Waals surface area contributed by atoms with Crippen LogP contribution in [-0.4, -0.2) is 4.98 Å². The zero-order valence-corrected chi connectivity index (χ0v) is 9.12. The molecule has 0 unspecified atom stereocenters. The van der Waals surface area contributed by atoms with E-state index in [2.05, 4.69) is 44.0 Å². The lowest BCUT2D eigenvalue weighted by molar-refractivity contribution is 0.319. The van der Waals surface area contributed by atoms with E-state index in [0.29, 0.717) is 11.3 Å². The van der Waals surface area contributed by atoms with Gasteiger partial charge >= 0.3 is 0 Å². The van der Waals surface area contributed by atoms with E-state index in [1.54, 1.807) is 0 Å². The van der Waals surface area contributed by atoms with Crippen molar-refractivity contribution in [2.75, 3.05) is 0 Å². The van der Waals surface area contributed by atoms with Crippen molar-refractivity contribution in [3.05, 3.63) is 35.7 Å². The smallest absolute Gasteiger partial charge is 0.0661 e. The second-order valence-electron chi connectivity index (χ2n) is 5.03. The van der Waals surface area contributed by atoms with E-state index in [1.807, 2.05) is 12.3 Å². The number of fused-ring (bicyclic) bond motifs is 1. The summed E-state index contributed by atoms with van der Waals surface area (Å²) in [7, 11) is 0. The summed E-state index contributed by atoms with van der Waals surface area (Å²) in [5, 5.41) is 0. The normalized spacial score (nSPS) is 20.6. The molecule has 0 amide bonds. The van der Waals surface area contributed by atoms with E-state index in [1.165, 1.54) is 5.56 Å². The van der Waals surface area contributed by atoms with Gasteiger partial charge in [-0.15, -0.1) is 0 Å². The van der Waals surface area contributed by atoms with E-state index >= 15 is 0 Å². The molecule has 1 aromatic rings. The molecule has 0 spiro atoms. The topological polar surface area (TPSA) is 12.9 Å². The van der Waals surface area contributed by atoms with Gasteiger partial charge in [0.25, 0.3) is 0 Å². The number of pyridine rings is 1. The Morgan fingerprint density at radius 1 is 1.36 bits per heavy atom. The Morgan fingerprint density at radius 2 is 2.14 bits per heavy atom. The highest BCUT2D eigenvalue weighted by molar-refractivity contribution is 5.53. The van der Waals surface area contributed by atoms with Crippen LogP contribution in [0.25, 0.3) is 6.08 Å². The molecule has 0 N–H and O–H groups in total. The van der Waals surface area contributed by atoms with Gasteiger partial charge in [-0.25, -0.2) is 0 Å². The summed E-state index contributed by atoms with van der Waals surface area (Å²) in [6.07, 6.45) is 7.39. The van der Waals surface area contributed by atoms with Crippen LogP contribution in [0.3, 0.4) is 0 Å². The molecule has 0 saturated carbocycles. The first-order valence-corrected chi connectivity index (χ1v) is 5.20.